The molecule has 152 valence electrons. The van der Waals surface area contributed by atoms with Crippen LogP contribution in [0.4, 0.5) is 4.39 Å². The quantitative estimate of drug-likeness (QED) is 0.637. The second-order valence-corrected chi connectivity index (χ2v) is 6.85. The van der Waals surface area contributed by atoms with Gasteiger partial charge in [-0.2, -0.15) is 0 Å². The minimum Gasteiger partial charge on any atom is -0.481 e. The molecule has 0 unspecified atom stereocenters. The van der Waals surface area contributed by atoms with Crippen LogP contribution < -0.4 is 10.1 Å². The number of nitrogens with one attached hydrogen (secondary N) is 1. The fourth-order valence-corrected chi connectivity index (χ4v) is 3.28. The molecule has 1 amide bonds. The van der Waals surface area contributed by atoms with E-state index in [0.29, 0.717) is 40.9 Å². The molecule has 7 nitrogen and oxygen atoms in total. The lowest BCUT2D eigenvalue weighted by molar-refractivity contribution is -0.139. The highest BCUT2D eigenvalue weighted by Gasteiger charge is 2.14. The van der Waals surface area contributed by atoms with Crippen LogP contribution in [-0.2, 0) is 18.3 Å². The second-order valence-electron chi connectivity index (χ2n) is 6.85. The molecule has 8 heteroatoms. The highest BCUT2D eigenvalue weighted by atomic mass is 19.1. The molecule has 0 saturated heterocycles. The Morgan fingerprint density at radius 1 is 1.21 bits per heavy atom. The number of hydrogen-bond acceptors (Lipinski definition) is 4. The molecular weight excluding hydrogens is 377 g/mol. The summed E-state index contributed by atoms with van der Waals surface area (Å²) in [6, 6.07) is 7.79. The van der Waals surface area contributed by atoms with Gasteiger partial charge in [0, 0.05) is 31.6 Å². The number of carbonyl (C=O) groups excluding carboxylic acids is 1. The monoisotopic (exact) mass is 399 g/mol. The van der Waals surface area contributed by atoms with Crippen molar-refractivity contribution in [2.45, 2.75) is 20.3 Å². The number of carbonyl (C=O) groups is 2. The molecule has 0 spiro atoms. The summed E-state index contributed by atoms with van der Waals surface area (Å²) in [6.45, 7) is 3.46. The van der Waals surface area contributed by atoms with Gasteiger partial charge in [-0.05, 0) is 49.2 Å². The molecule has 29 heavy (non-hydrogen) atoms. The number of carboxylic acid groups (broad SMARTS) is 1. The van der Waals surface area contributed by atoms with Crippen LogP contribution in [-0.4, -0.2) is 39.7 Å². The summed E-state index contributed by atoms with van der Waals surface area (Å²) in [5.74, 6) is -0.426. The van der Waals surface area contributed by atoms with E-state index in [9.17, 15) is 14.0 Å². The van der Waals surface area contributed by atoms with Crippen LogP contribution in [0.3, 0.4) is 0 Å². The van der Waals surface area contributed by atoms with E-state index in [0.717, 1.165) is 11.3 Å². The van der Waals surface area contributed by atoms with Crippen molar-refractivity contribution in [3.63, 3.8) is 0 Å². The molecule has 0 aliphatic heterocycles. The van der Waals surface area contributed by atoms with Crippen molar-refractivity contribution in [3.8, 4) is 5.75 Å². The van der Waals surface area contributed by atoms with Crippen molar-refractivity contribution in [2.75, 3.05) is 13.2 Å². The average Bonchev–Trinajstić information content (AvgIpc) is 2.95. The number of aromatic nitrogens is 2. The van der Waals surface area contributed by atoms with Gasteiger partial charge in [-0.15, -0.1) is 0 Å². The van der Waals surface area contributed by atoms with Gasteiger partial charge in [0.2, 0.25) is 0 Å². The Morgan fingerprint density at radius 2 is 1.90 bits per heavy atom. The molecule has 0 aliphatic rings. The maximum absolute atomic E-state index is 13.4. The zero-order valence-corrected chi connectivity index (χ0v) is 16.5. The van der Waals surface area contributed by atoms with Gasteiger partial charge < -0.3 is 19.7 Å². The van der Waals surface area contributed by atoms with E-state index >= 15 is 0 Å². The SMILES string of the molecule is Cc1cc(C(=O)NCCc2nc3cc(F)ccc3n2C)cc(C)c1OCC(=O)O. The minimum absolute atomic E-state index is 0.245. The molecule has 0 atom stereocenters. The number of fused-ring (bicyclic) bond motifs is 1. The van der Waals surface area contributed by atoms with Crippen molar-refractivity contribution in [1.29, 1.82) is 0 Å². The Hall–Kier alpha value is -3.42. The standard InChI is InChI=1S/C21H22FN3O4/c1-12-8-14(9-13(2)20(12)29-11-19(26)27)21(28)23-7-6-18-24-16-10-15(22)4-5-17(16)25(18)3/h4-5,8-10H,6-7,11H2,1-3H3,(H,23,28)(H,26,27). The number of hydrogen-bond donors (Lipinski definition) is 2. The number of ether oxygens (including phenoxy) is 1. The van der Waals surface area contributed by atoms with E-state index in [-0.39, 0.29) is 11.7 Å². The molecule has 0 fully saturated rings. The lowest BCUT2D eigenvalue weighted by atomic mass is 10.1. The number of aliphatic carboxylic acids is 1. The molecular formula is C21H22FN3O4. The summed E-state index contributed by atoms with van der Waals surface area (Å²) in [4.78, 5) is 27.6. The predicted octanol–water partition coefficient (Wildman–Crippen LogP) is 2.77. The molecule has 2 N–H and O–H groups in total. The number of benzene rings is 2. The number of carboxylic acids is 1. The van der Waals surface area contributed by atoms with Crippen molar-refractivity contribution in [3.05, 3.63) is 58.7 Å². The highest BCUT2D eigenvalue weighted by molar-refractivity contribution is 5.95. The maximum atomic E-state index is 13.4. The van der Waals surface area contributed by atoms with Crippen LogP contribution in [0.1, 0.15) is 27.3 Å². The molecule has 0 saturated carbocycles. The van der Waals surface area contributed by atoms with Crippen LogP contribution in [0.2, 0.25) is 0 Å². The molecule has 1 aromatic heterocycles. The van der Waals surface area contributed by atoms with Crippen LogP contribution in [0.25, 0.3) is 11.0 Å². The van der Waals surface area contributed by atoms with Crippen LogP contribution in [0.5, 0.6) is 5.75 Å². The summed E-state index contributed by atoms with van der Waals surface area (Å²) in [5.41, 5.74) is 3.25. The van der Waals surface area contributed by atoms with E-state index in [1.54, 1.807) is 32.0 Å². The molecule has 0 radical (unpaired) electrons. The Morgan fingerprint density at radius 3 is 2.55 bits per heavy atom. The van der Waals surface area contributed by atoms with Crippen molar-refractivity contribution < 1.29 is 23.8 Å². The Bertz CT molecular complexity index is 1070. The molecule has 0 aliphatic carbocycles. The molecule has 1 heterocycles. The molecule has 3 rings (SSSR count). The summed E-state index contributed by atoms with van der Waals surface area (Å²) < 4.78 is 20.5. The smallest absolute Gasteiger partial charge is 0.341 e. The first kappa shape index (κ1) is 20.3. The van der Waals surface area contributed by atoms with Gasteiger partial charge in [-0.25, -0.2) is 14.2 Å². The Balaban J connectivity index is 1.65. The highest BCUT2D eigenvalue weighted by Crippen LogP contribution is 2.25. The Kier molecular flexibility index (Phi) is 5.81. The summed E-state index contributed by atoms with van der Waals surface area (Å²) in [6.07, 6.45) is 0.496. The van der Waals surface area contributed by atoms with Gasteiger partial charge in [-0.1, -0.05) is 0 Å². The van der Waals surface area contributed by atoms with Crippen molar-refractivity contribution >= 4 is 22.9 Å². The summed E-state index contributed by atoms with van der Waals surface area (Å²) in [5, 5.41) is 11.6. The molecule has 0 bridgehead atoms. The van der Waals surface area contributed by atoms with Crippen LogP contribution in [0, 0.1) is 19.7 Å². The third-order valence-electron chi connectivity index (χ3n) is 4.63. The predicted molar refractivity (Wildman–Crippen MR) is 106 cm³/mol. The number of imidazole rings is 1. The van der Waals surface area contributed by atoms with E-state index in [1.165, 1.54) is 12.1 Å². The molecule has 2 aromatic carbocycles. The normalized spacial score (nSPS) is 10.9. The lowest BCUT2D eigenvalue weighted by Gasteiger charge is -2.13. The van der Waals surface area contributed by atoms with E-state index in [4.69, 9.17) is 9.84 Å². The number of halogens is 1. The first-order chi connectivity index (χ1) is 13.8. The average molecular weight is 399 g/mol. The van der Waals surface area contributed by atoms with Gasteiger partial charge in [0.25, 0.3) is 5.91 Å². The first-order valence-electron chi connectivity index (χ1n) is 9.11. The van der Waals surface area contributed by atoms with E-state index in [2.05, 4.69) is 10.3 Å². The van der Waals surface area contributed by atoms with Gasteiger partial charge in [0.15, 0.2) is 6.61 Å². The fraction of sp³-hybridized carbons (Fsp3) is 0.286. The summed E-state index contributed by atoms with van der Waals surface area (Å²) >= 11 is 0. The number of nitrogens with zero attached hydrogens (tertiary/aromatic N) is 2. The zero-order valence-electron chi connectivity index (χ0n) is 16.5. The van der Waals surface area contributed by atoms with Crippen molar-refractivity contribution in [1.82, 2.24) is 14.9 Å². The second kappa shape index (κ2) is 8.30. The van der Waals surface area contributed by atoms with Gasteiger partial charge >= 0.3 is 5.97 Å². The topological polar surface area (TPSA) is 93.5 Å². The zero-order chi connectivity index (χ0) is 21.1. The third-order valence-corrected chi connectivity index (χ3v) is 4.63. The minimum atomic E-state index is -1.06. The number of rotatable bonds is 7. The van der Waals surface area contributed by atoms with Crippen molar-refractivity contribution in [2.24, 2.45) is 7.05 Å². The van der Waals surface area contributed by atoms with E-state index < -0.39 is 12.6 Å². The third kappa shape index (κ3) is 4.53. The Labute approximate surface area is 167 Å². The number of amides is 1. The van der Waals surface area contributed by atoms with Gasteiger partial charge in [0.1, 0.15) is 17.4 Å². The largest absolute Gasteiger partial charge is 0.481 e. The van der Waals surface area contributed by atoms with Crippen LogP contribution >= 0.6 is 0 Å². The first-order valence-corrected chi connectivity index (χ1v) is 9.11. The maximum Gasteiger partial charge on any atom is 0.341 e. The van der Waals surface area contributed by atoms with Gasteiger partial charge in [-0.3, -0.25) is 4.79 Å². The summed E-state index contributed by atoms with van der Waals surface area (Å²) in [7, 11) is 1.85. The van der Waals surface area contributed by atoms with Crippen LogP contribution in [0.15, 0.2) is 30.3 Å². The lowest BCUT2D eigenvalue weighted by Crippen LogP contribution is -2.26. The molecule has 3 aromatic rings. The number of aryl methyl sites for hydroxylation is 3. The van der Waals surface area contributed by atoms with E-state index in [1.807, 2.05) is 11.6 Å². The van der Waals surface area contributed by atoms with Gasteiger partial charge in [0.05, 0.1) is 11.0 Å². The fourth-order valence-electron chi connectivity index (χ4n) is 3.28.